The second-order valence-electron chi connectivity index (χ2n) is 8.45. The molecule has 7 heteroatoms. The Bertz CT molecular complexity index is 1270. The molecule has 0 saturated carbocycles. The smallest absolute Gasteiger partial charge is 0.239 e. The summed E-state index contributed by atoms with van der Waals surface area (Å²) >= 11 is 0. The number of imide groups is 1. The minimum absolute atomic E-state index is 0.0994. The molecule has 2 bridgehead atoms. The molecule has 0 aromatic heterocycles. The van der Waals surface area contributed by atoms with Crippen molar-refractivity contribution in [3.8, 4) is 0 Å². The van der Waals surface area contributed by atoms with E-state index in [0.29, 0.717) is 0 Å². The highest BCUT2D eigenvalue weighted by molar-refractivity contribution is 6.25. The van der Waals surface area contributed by atoms with Crippen molar-refractivity contribution >= 4 is 29.5 Å². The fourth-order valence-corrected chi connectivity index (χ4v) is 6.04. The monoisotopic (exact) mass is 425 g/mol. The van der Waals surface area contributed by atoms with Crippen LogP contribution in [0.2, 0.25) is 0 Å². The minimum atomic E-state index is -1.27. The van der Waals surface area contributed by atoms with Crippen LogP contribution >= 0.6 is 0 Å². The molecule has 2 atom stereocenters. The van der Waals surface area contributed by atoms with Gasteiger partial charge in [-0.2, -0.15) is 0 Å². The Labute approximate surface area is 183 Å². The van der Waals surface area contributed by atoms with Crippen molar-refractivity contribution in [1.82, 2.24) is 0 Å². The van der Waals surface area contributed by atoms with Crippen LogP contribution in [0.5, 0.6) is 0 Å². The molecule has 7 rings (SSSR count). The first-order chi connectivity index (χ1) is 15.5. The molecule has 3 aromatic carbocycles. The number of hydrogen-bond donors (Lipinski definition) is 1. The molecule has 7 nitrogen and oxygen atoms in total. The van der Waals surface area contributed by atoms with Crippen LogP contribution in [0.3, 0.4) is 0 Å². The van der Waals surface area contributed by atoms with Gasteiger partial charge >= 0.3 is 0 Å². The Morgan fingerprint density at radius 1 is 0.906 bits per heavy atom. The summed E-state index contributed by atoms with van der Waals surface area (Å²) in [5.41, 5.74) is 2.12. The number of amides is 2. The number of carbonyl (C=O) groups is 3. The van der Waals surface area contributed by atoms with Gasteiger partial charge in [-0.15, -0.1) is 0 Å². The largest absolute Gasteiger partial charge is 0.733 e. The molecule has 4 aliphatic rings. The zero-order valence-corrected chi connectivity index (χ0v) is 16.7. The van der Waals surface area contributed by atoms with Gasteiger partial charge in [-0.25, -0.2) is 4.90 Å². The van der Waals surface area contributed by atoms with Crippen LogP contribution in [-0.4, -0.2) is 23.3 Å². The summed E-state index contributed by atoms with van der Waals surface area (Å²) in [6.45, 7) is 0. The Kier molecular flexibility index (Phi) is 3.75. The van der Waals surface area contributed by atoms with E-state index in [0.717, 1.165) is 33.4 Å². The van der Waals surface area contributed by atoms with Crippen LogP contribution in [0.15, 0.2) is 72.8 Å². The van der Waals surface area contributed by atoms with Gasteiger partial charge in [-0.05, 0) is 40.5 Å². The number of carbonyl (C=O) groups excluding carboxylic acids is 3. The lowest BCUT2D eigenvalue weighted by molar-refractivity contribution is -0.128. The zero-order chi connectivity index (χ0) is 22.2. The Morgan fingerprint density at radius 3 is 2.12 bits per heavy atom. The third-order valence-electron chi connectivity index (χ3n) is 7.18. The molecule has 1 fully saturated rings. The minimum Gasteiger partial charge on any atom is -0.733 e. The Hall–Kier alpha value is -3.81. The number of aldehydes is 1. The molecule has 2 unspecified atom stereocenters. The lowest BCUT2D eigenvalue weighted by Crippen LogP contribution is -2.54. The summed E-state index contributed by atoms with van der Waals surface area (Å²) in [5.74, 6) is -2.86. The fraction of sp³-hybridized carbons (Fsp3) is 0.160. The van der Waals surface area contributed by atoms with Crippen molar-refractivity contribution in [1.29, 1.82) is 0 Å². The van der Waals surface area contributed by atoms with E-state index in [2.05, 4.69) is 0 Å². The summed E-state index contributed by atoms with van der Waals surface area (Å²) in [5, 5.41) is 20.3. The second-order valence-corrected chi connectivity index (χ2v) is 8.45. The fourth-order valence-electron chi connectivity index (χ4n) is 6.04. The van der Waals surface area contributed by atoms with Crippen molar-refractivity contribution < 1.29 is 19.6 Å². The van der Waals surface area contributed by atoms with E-state index in [1.165, 1.54) is 24.3 Å². The lowest BCUT2D eigenvalue weighted by atomic mass is 9.48. The third kappa shape index (κ3) is 2.09. The van der Waals surface area contributed by atoms with Gasteiger partial charge in [0.2, 0.25) is 11.8 Å². The summed E-state index contributed by atoms with van der Waals surface area (Å²) in [7, 11) is 0. The number of nitrogens with zero attached hydrogens (tertiary/aromatic N) is 2. The summed E-state index contributed by atoms with van der Waals surface area (Å²) in [4.78, 5) is 41.5. The highest BCUT2D eigenvalue weighted by Crippen LogP contribution is 2.63. The predicted molar refractivity (Wildman–Crippen MR) is 115 cm³/mol. The molecule has 158 valence electrons. The molecule has 3 aliphatic carbocycles. The Balaban J connectivity index is 1.61. The van der Waals surface area contributed by atoms with Gasteiger partial charge in [-0.3, -0.25) is 14.8 Å². The van der Waals surface area contributed by atoms with Crippen LogP contribution < -0.4 is 10.1 Å². The van der Waals surface area contributed by atoms with Gasteiger partial charge in [0, 0.05) is 5.92 Å². The van der Waals surface area contributed by atoms with Gasteiger partial charge in [0.1, 0.15) is 6.29 Å². The van der Waals surface area contributed by atoms with E-state index in [1.807, 2.05) is 48.5 Å². The first-order valence-electron chi connectivity index (χ1n) is 10.3. The van der Waals surface area contributed by atoms with Gasteiger partial charge in [-0.1, -0.05) is 54.6 Å². The van der Waals surface area contributed by atoms with Crippen LogP contribution in [0.4, 0.5) is 11.4 Å². The van der Waals surface area contributed by atoms with Crippen molar-refractivity contribution in [2.45, 2.75) is 11.3 Å². The van der Waals surface area contributed by atoms with Crippen molar-refractivity contribution in [2.75, 3.05) is 10.1 Å². The molecule has 0 spiro atoms. The molecule has 1 aliphatic heterocycles. The van der Waals surface area contributed by atoms with E-state index >= 15 is 0 Å². The van der Waals surface area contributed by atoms with Gasteiger partial charge in [0.05, 0.1) is 28.6 Å². The molecular formula is C25H17N2O5-. The number of anilines is 2. The topological polar surface area (TPSA) is 101 Å². The van der Waals surface area contributed by atoms with Gasteiger partial charge in [0.25, 0.3) is 0 Å². The molecule has 3 aromatic rings. The van der Waals surface area contributed by atoms with Crippen LogP contribution in [-0.2, 0) is 19.8 Å². The Morgan fingerprint density at radius 2 is 1.53 bits per heavy atom. The number of benzene rings is 3. The number of rotatable bonds is 3. The number of hydrogen-bond acceptors (Lipinski definition) is 6. The average molecular weight is 425 g/mol. The van der Waals surface area contributed by atoms with E-state index in [-0.39, 0.29) is 22.5 Å². The van der Waals surface area contributed by atoms with E-state index < -0.39 is 29.1 Å². The maximum atomic E-state index is 13.8. The lowest BCUT2D eigenvalue weighted by Gasteiger charge is -2.51. The summed E-state index contributed by atoms with van der Waals surface area (Å²) in [6, 6.07) is 20.7. The van der Waals surface area contributed by atoms with Crippen molar-refractivity contribution in [2.24, 2.45) is 11.8 Å². The first-order valence-corrected chi connectivity index (χ1v) is 10.3. The normalized spacial score (nSPS) is 27.1. The third-order valence-corrected chi connectivity index (χ3v) is 7.18. The standard InChI is InChI=1S/C25H17N2O5/c28-13-25-18-10-3-1-8-16(18)20(17-9-2-4-11-19(17)25)21-22(25)24(30)26(23(21)29)14-6-5-7-15(12-14)27(31)32/h1-13,20-22,31H/q-1. The molecule has 0 radical (unpaired) electrons. The first kappa shape index (κ1) is 18.9. The molecule has 1 heterocycles. The summed E-state index contributed by atoms with van der Waals surface area (Å²) in [6.07, 6.45) is 0.815. The van der Waals surface area contributed by atoms with E-state index in [1.54, 1.807) is 0 Å². The summed E-state index contributed by atoms with van der Waals surface area (Å²) < 4.78 is 0. The van der Waals surface area contributed by atoms with Crippen LogP contribution in [0, 0.1) is 17.0 Å². The van der Waals surface area contributed by atoms with Crippen molar-refractivity contribution in [3.63, 3.8) is 0 Å². The maximum absolute atomic E-state index is 13.8. The maximum Gasteiger partial charge on any atom is 0.239 e. The average Bonchev–Trinajstić information content (AvgIpc) is 3.10. The van der Waals surface area contributed by atoms with Gasteiger partial charge in [0.15, 0.2) is 0 Å². The molecule has 32 heavy (non-hydrogen) atoms. The van der Waals surface area contributed by atoms with Gasteiger partial charge < -0.3 is 15.2 Å². The zero-order valence-electron chi connectivity index (χ0n) is 16.7. The van der Waals surface area contributed by atoms with Crippen LogP contribution in [0.25, 0.3) is 0 Å². The van der Waals surface area contributed by atoms with Crippen LogP contribution in [0.1, 0.15) is 28.2 Å². The predicted octanol–water partition coefficient (Wildman–Crippen LogP) is 3.13. The highest BCUT2D eigenvalue weighted by Gasteiger charge is 2.68. The van der Waals surface area contributed by atoms with E-state index in [4.69, 9.17) is 0 Å². The molecule has 2 amide bonds. The SMILES string of the molecule is O=CC12c3ccccc3C(c3ccccc31)C1C(=O)N(c3cccc(N([O-])O)c3)C(=O)C12. The molecule has 1 saturated heterocycles. The molecule has 1 N–H and O–H groups in total. The highest BCUT2D eigenvalue weighted by atomic mass is 16.8. The van der Waals surface area contributed by atoms with E-state index in [9.17, 15) is 24.8 Å². The second kappa shape index (κ2) is 6.35. The quantitative estimate of drug-likeness (QED) is 0.393. The molecular weight excluding hydrogens is 408 g/mol. The van der Waals surface area contributed by atoms with Crippen molar-refractivity contribution in [3.05, 3.63) is 100 Å².